The fourth-order valence-electron chi connectivity index (χ4n) is 3.23. The molecule has 3 heterocycles. The fraction of sp³-hybridized carbons (Fsp3) is 0.316. The average molecular weight is 351 g/mol. The van der Waals surface area contributed by atoms with E-state index in [1.807, 2.05) is 24.5 Å². The van der Waals surface area contributed by atoms with E-state index in [4.69, 9.17) is 4.98 Å². The summed E-state index contributed by atoms with van der Waals surface area (Å²) in [7, 11) is 0. The predicted octanol–water partition coefficient (Wildman–Crippen LogP) is 0.704. The van der Waals surface area contributed by atoms with Crippen LogP contribution in [-0.2, 0) is 0 Å². The molecule has 0 radical (unpaired) electrons. The zero-order chi connectivity index (χ0) is 18.3. The minimum atomic E-state index is -0.404. The molecule has 3 aromatic rings. The Balaban J connectivity index is 1.85. The molecule has 0 amide bonds. The Kier molecular flexibility index (Phi) is 3.99. The van der Waals surface area contributed by atoms with Gasteiger partial charge in [0.05, 0.1) is 17.1 Å². The van der Waals surface area contributed by atoms with Crippen molar-refractivity contribution in [3.05, 3.63) is 73.1 Å². The van der Waals surface area contributed by atoms with Crippen LogP contribution in [0.2, 0.25) is 0 Å². The molecule has 1 fully saturated rings. The van der Waals surface area contributed by atoms with Gasteiger partial charge in [-0.1, -0.05) is 13.5 Å². The summed E-state index contributed by atoms with van der Waals surface area (Å²) in [4.78, 5) is 37.2. The first kappa shape index (κ1) is 16.4. The Hall–Kier alpha value is -3.09. The molecule has 0 aromatic carbocycles. The summed E-state index contributed by atoms with van der Waals surface area (Å²) < 4.78 is 2.12. The van der Waals surface area contributed by atoms with Gasteiger partial charge in [0.2, 0.25) is 0 Å². The minimum absolute atomic E-state index is 0.0518. The molecule has 0 bridgehead atoms. The van der Waals surface area contributed by atoms with E-state index in [9.17, 15) is 9.59 Å². The number of aromatic nitrogens is 5. The first-order chi connectivity index (χ1) is 12.6. The minimum Gasteiger partial charge on any atom is -0.344 e. The van der Waals surface area contributed by atoms with Crippen molar-refractivity contribution in [1.29, 1.82) is 0 Å². The van der Waals surface area contributed by atoms with E-state index in [0.717, 1.165) is 30.8 Å². The summed E-state index contributed by atoms with van der Waals surface area (Å²) in [5, 5.41) is 0.243. The maximum Gasteiger partial charge on any atom is 0.272 e. The smallest absolute Gasteiger partial charge is 0.272 e. The highest BCUT2D eigenvalue weighted by atomic mass is 16.1. The van der Waals surface area contributed by atoms with E-state index in [-0.39, 0.29) is 22.3 Å². The third kappa shape index (κ3) is 2.96. The van der Waals surface area contributed by atoms with Crippen molar-refractivity contribution < 1.29 is 0 Å². The first-order valence-electron chi connectivity index (χ1n) is 8.82. The second-order valence-electron chi connectivity index (χ2n) is 6.69. The molecule has 0 spiro atoms. The normalized spacial score (nSPS) is 16.1. The molecule has 1 aliphatic carbocycles. The third-order valence-corrected chi connectivity index (χ3v) is 4.77. The second-order valence-corrected chi connectivity index (χ2v) is 6.69. The number of imidazole rings is 1. The molecule has 26 heavy (non-hydrogen) atoms. The molecule has 7 nitrogen and oxygen atoms in total. The van der Waals surface area contributed by atoms with Crippen LogP contribution in [0.3, 0.4) is 0 Å². The lowest BCUT2D eigenvalue weighted by molar-refractivity contribution is 0.541. The van der Waals surface area contributed by atoms with E-state index >= 15 is 0 Å². The topological polar surface area (TPSA) is 99.3 Å². The number of nitrogens with zero attached hydrogens (tertiary/aromatic N) is 2. The molecular formula is C19H21N5O2. The van der Waals surface area contributed by atoms with Gasteiger partial charge in [-0.25, -0.2) is 4.98 Å². The lowest BCUT2D eigenvalue weighted by atomic mass is 10.2. The molecule has 4 rings (SSSR count). The van der Waals surface area contributed by atoms with Gasteiger partial charge in [0.1, 0.15) is 11.2 Å². The number of aromatic amines is 3. The summed E-state index contributed by atoms with van der Waals surface area (Å²) in [5.74, 6) is 1.30. The van der Waals surface area contributed by atoms with Crippen molar-refractivity contribution in [3.63, 3.8) is 0 Å². The average Bonchev–Trinajstić information content (AvgIpc) is 3.15. The van der Waals surface area contributed by atoms with Crippen LogP contribution in [0.4, 0.5) is 0 Å². The van der Waals surface area contributed by atoms with Crippen molar-refractivity contribution in [1.82, 2.24) is 24.5 Å². The molecule has 134 valence electrons. The number of rotatable bonds is 5. The molecule has 0 aliphatic heterocycles. The summed E-state index contributed by atoms with van der Waals surface area (Å²) in [5.41, 5.74) is 0.965. The zero-order valence-electron chi connectivity index (χ0n) is 14.6. The predicted molar refractivity (Wildman–Crippen MR) is 99.4 cm³/mol. The van der Waals surface area contributed by atoms with Crippen LogP contribution in [0.1, 0.15) is 55.4 Å². The summed E-state index contributed by atoms with van der Waals surface area (Å²) in [6.07, 6.45) is 8.79. The lowest BCUT2D eigenvalue weighted by Crippen LogP contribution is -2.46. The van der Waals surface area contributed by atoms with E-state index < -0.39 is 5.56 Å². The van der Waals surface area contributed by atoms with Gasteiger partial charge >= 0.3 is 0 Å². The molecule has 1 aliphatic rings. The van der Waals surface area contributed by atoms with Gasteiger partial charge in [0.15, 0.2) is 0 Å². The van der Waals surface area contributed by atoms with E-state index in [1.165, 1.54) is 0 Å². The third-order valence-electron chi connectivity index (χ3n) is 4.77. The second kappa shape index (κ2) is 6.33. The van der Waals surface area contributed by atoms with Crippen LogP contribution in [0.25, 0.3) is 12.7 Å². The van der Waals surface area contributed by atoms with E-state index in [1.54, 1.807) is 6.08 Å². The highest BCUT2D eigenvalue weighted by molar-refractivity contribution is 5.49. The van der Waals surface area contributed by atoms with Crippen molar-refractivity contribution >= 4 is 12.7 Å². The summed E-state index contributed by atoms with van der Waals surface area (Å²) >= 11 is 0. The standard InChI is InChI=1S/C19H21N5O2/c1-3-15(24-8-4-5-9-24)17-21-13(16(23-17)12-6-7-12)10-14-19(26)20-11(2)18(25)22-14/h4-5,8-10,12,15H,2-3,6-7H2,1H3,(H,20,26)(H,21,23)(H,22,25). The highest BCUT2D eigenvalue weighted by Crippen LogP contribution is 2.41. The van der Waals surface area contributed by atoms with Crippen LogP contribution >= 0.6 is 0 Å². The van der Waals surface area contributed by atoms with Crippen molar-refractivity contribution in [2.45, 2.75) is 38.1 Å². The number of hydrogen-bond donors (Lipinski definition) is 3. The molecule has 3 N–H and O–H groups in total. The maximum atomic E-state index is 12.1. The maximum absolute atomic E-state index is 12.1. The van der Waals surface area contributed by atoms with Crippen molar-refractivity contribution in [2.75, 3.05) is 0 Å². The van der Waals surface area contributed by atoms with Gasteiger partial charge in [-0.3, -0.25) is 9.59 Å². The molecule has 1 saturated carbocycles. The Morgan fingerprint density at radius 2 is 1.96 bits per heavy atom. The lowest BCUT2D eigenvalue weighted by Gasteiger charge is -2.14. The monoisotopic (exact) mass is 351 g/mol. The highest BCUT2D eigenvalue weighted by Gasteiger charge is 2.29. The quantitative estimate of drug-likeness (QED) is 0.631. The zero-order valence-corrected chi connectivity index (χ0v) is 14.6. The molecular weight excluding hydrogens is 330 g/mol. The Bertz CT molecular complexity index is 1150. The van der Waals surface area contributed by atoms with Crippen molar-refractivity contribution in [2.24, 2.45) is 0 Å². The van der Waals surface area contributed by atoms with Gasteiger partial charge in [-0.2, -0.15) is 0 Å². The van der Waals surface area contributed by atoms with Crippen LogP contribution in [0, 0.1) is 0 Å². The van der Waals surface area contributed by atoms with Gasteiger partial charge in [-0.05, 0) is 37.5 Å². The molecule has 0 saturated heterocycles. The number of H-pyrrole nitrogens is 3. The fourth-order valence-corrected chi connectivity index (χ4v) is 3.23. The van der Waals surface area contributed by atoms with Gasteiger partial charge < -0.3 is 19.5 Å². The van der Waals surface area contributed by atoms with E-state index in [2.05, 4.69) is 33.0 Å². The Labute approximate surface area is 149 Å². The molecule has 1 atom stereocenters. The largest absolute Gasteiger partial charge is 0.344 e. The van der Waals surface area contributed by atoms with Crippen LogP contribution in [0.5, 0.6) is 0 Å². The Morgan fingerprint density at radius 3 is 2.62 bits per heavy atom. The van der Waals surface area contributed by atoms with Crippen LogP contribution < -0.4 is 21.8 Å². The Morgan fingerprint density at radius 1 is 1.23 bits per heavy atom. The number of nitrogens with one attached hydrogen (secondary N) is 3. The summed E-state index contributed by atoms with van der Waals surface area (Å²) in [6, 6.07) is 4.08. The van der Waals surface area contributed by atoms with Crippen LogP contribution in [0.15, 0.2) is 34.1 Å². The molecule has 1 unspecified atom stereocenters. The molecule has 3 aromatic heterocycles. The van der Waals surface area contributed by atoms with Crippen LogP contribution in [-0.4, -0.2) is 24.5 Å². The van der Waals surface area contributed by atoms with Gasteiger partial charge in [-0.15, -0.1) is 0 Å². The SMILES string of the molecule is C=c1[nH]c(=O)c(=Cc2nc(C(CC)n3cccc3)[nH]c2C2CC2)[nH]c1=O. The number of hydrogen-bond acceptors (Lipinski definition) is 3. The summed E-state index contributed by atoms with van der Waals surface area (Å²) in [6.45, 7) is 5.63. The first-order valence-corrected chi connectivity index (χ1v) is 8.82. The molecule has 7 heteroatoms. The van der Waals surface area contributed by atoms with Gasteiger partial charge in [0, 0.05) is 24.0 Å². The van der Waals surface area contributed by atoms with Gasteiger partial charge in [0.25, 0.3) is 11.1 Å². The van der Waals surface area contributed by atoms with E-state index in [0.29, 0.717) is 11.6 Å². The van der Waals surface area contributed by atoms with Crippen molar-refractivity contribution in [3.8, 4) is 0 Å².